The van der Waals surface area contributed by atoms with E-state index in [9.17, 15) is 13.2 Å². The van der Waals surface area contributed by atoms with Crippen LogP contribution >= 0.6 is 0 Å². The summed E-state index contributed by atoms with van der Waals surface area (Å²) in [6, 6.07) is 16.0. The molecule has 0 saturated carbocycles. The van der Waals surface area contributed by atoms with E-state index in [-0.39, 0.29) is 10.8 Å². The summed E-state index contributed by atoms with van der Waals surface area (Å²) in [5.41, 5.74) is 3.67. The highest BCUT2D eigenvalue weighted by molar-refractivity contribution is 7.89. The van der Waals surface area contributed by atoms with Gasteiger partial charge in [0.25, 0.3) is 0 Å². The molecule has 2 aromatic carbocycles. The van der Waals surface area contributed by atoms with Gasteiger partial charge in [0.15, 0.2) is 0 Å². The molecular formula is C20H22N4O3S. The van der Waals surface area contributed by atoms with E-state index in [1.807, 2.05) is 37.4 Å². The Balaban J connectivity index is 1.58. The van der Waals surface area contributed by atoms with Gasteiger partial charge >= 0.3 is 0 Å². The topological polar surface area (TPSA) is 93.1 Å². The molecule has 0 bridgehead atoms. The Morgan fingerprint density at radius 1 is 1.04 bits per heavy atom. The van der Waals surface area contributed by atoms with Crippen LogP contribution < -0.4 is 10.0 Å². The second-order valence-electron chi connectivity index (χ2n) is 6.39. The zero-order chi connectivity index (χ0) is 20.1. The van der Waals surface area contributed by atoms with Crippen molar-refractivity contribution in [1.82, 2.24) is 14.5 Å². The van der Waals surface area contributed by atoms with Gasteiger partial charge in [-0.3, -0.25) is 9.48 Å². The lowest BCUT2D eigenvalue weighted by Crippen LogP contribution is -2.26. The Hall–Kier alpha value is -2.97. The van der Waals surface area contributed by atoms with Crippen molar-refractivity contribution >= 4 is 21.6 Å². The molecule has 0 unspecified atom stereocenters. The summed E-state index contributed by atoms with van der Waals surface area (Å²) in [4.78, 5) is 11.2. The van der Waals surface area contributed by atoms with Crippen LogP contribution in [0.1, 0.15) is 12.5 Å². The molecule has 0 radical (unpaired) electrons. The first kappa shape index (κ1) is 19.8. The van der Waals surface area contributed by atoms with Gasteiger partial charge in [-0.1, -0.05) is 24.3 Å². The Morgan fingerprint density at radius 3 is 2.29 bits per heavy atom. The Morgan fingerprint density at radius 2 is 1.71 bits per heavy atom. The van der Waals surface area contributed by atoms with Crippen molar-refractivity contribution in [2.75, 3.05) is 11.9 Å². The summed E-state index contributed by atoms with van der Waals surface area (Å²) in [6.07, 6.45) is 2.33. The van der Waals surface area contributed by atoms with Gasteiger partial charge in [-0.15, -0.1) is 0 Å². The van der Waals surface area contributed by atoms with E-state index in [0.29, 0.717) is 18.7 Å². The quantitative estimate of drug-likeness (QED) is 0.640. The Kier molecular flexibility index (Phi) is 5.91. The molecule has 0 aliphatic rings. The first-order valence-corrected chi connectivity index (χ1v) is 10.3. The molecule has 0 spiro atoms. The second kappa shape index (κ2) is 8.37. The summed E-state index contributed by atoms with van der Waals surface area (Å²) < 4.78 is 29.2. The highest BCUT2D eigenvalue weighted by Crippen LogP contribution is 2.19. The number of carbonyl (C=O) groups is 1. The maximum atomic E-state index is 12.4. The number of carbonyl (C=O) groups excluding carboxylic acids is 1. The number of hydrogen-bond donors (Lipinski definition) is 2. The van der Waals surface area contributed by atoms with Gasteiger partial charge in [0.1, 0.15) is 0 Å². The minimum Gasteiger partial charge on any atom is -0.326 e. The fourth-order valence-corrected chi connectivity index (χ4v) is 3.86. The normalized spacial score (nSPS) is 11.4. The maximum Gasteiger partial charge on any atom is 0.240 e. The van der Waals surface area contributed by atoms with Gasteiger partial charge in [-0.2, -0.15) is 5.10 Å². The van der Waals surface area contributed by atoms with E-state index in [4.69, 9.17) is 0 Å². The van der Waals surface area contributed by atoms with Crippen LogP contribution in [-0.4, -0.2) is 30.7 Å². The fraction of sp³-hybridized carbons (Fsp3) is 0.200. The minimum absolute atomic E-state index is 0.160. The number of aromatic nitrogens is 2. The zero-order valence-corrected chi connectivity index (χ0v) is 16.5. The SMILES string of the molecule is CC(=O)Nc1ccc(S(=O)(=O)NCCc2ccc(-c3ccnn3C)cc2)cc1. The predicted octanol–water partition coefficient (Wildman–Crippen LogP) is 2.57. The number of sulfonamides is 1. The molecule has 146 valence electrons. The van der Waals surface area contributed by atoms with Crippen molar-refractivity contribution in [2.24, 2.45) is 7.05 Å². The molecule has 0 aliphatic heterocycles. The van der Waals surface area contributed by atoms with E-state index in [0.717, 1.165) is 16.8 Å². The smallest absolute Gasteiger partial charge is 0.240 e. The third-order valence-corrected chi connectivity index (χ3v) is 5.74. The lowest BCUT2D eigenvalue weighted by Gasteiger charge is -2.09. The van der Waals surface area contributed by atoms with Gasteiger partial charge in [-0.25, -0.2) is 13.1 Å². The molecule has 3 rings (SSSR count). The molecule has 1 amide bonds. The number of nitrogens with zero attached hydrogens (tertiary/aromatic N) is 2. The van der Waals surface area contributed by atoms with Crippen molar-refractivity contribution in [3.63, 3.8) is 0 Å². The first-order chi connectivity index (χ1) is 13.3. The summed E-state index contributed by atoms with van der Waals surface area (Å²) in [5.74, 6) is -0.205. The lowest BCUT2D eigenvalue weighted by molar-refractivity contribution is -0.114. The molecule has 3 aromatic rings. The number of amides is 1. The average Bonchev–Trinajstić information content (AvgIpc) is 3.08. The second-order valence-corrected chi connectivity index (χ2v) is 8.16. The Labute approximate surface area is 164 Å². The lowest BCUT2D eigenvalue weighted by atomic mass is 10.1. The average molecular weight is 398 g/mol. The monoisotopic (exact) mass is 398 g/mol. The van der Waals surface area contributed by atoms with Gasteiger partial charge in [-0.05, 0) is 47.9 Å². The number of rotatable bonds is 7. The van der Waals surface area contributed by atoms with Crippen molar-refractivity contribution in [3.8, 4) is 11.3 Å². The van der Waals surface area contributed by atoms with Crippen molar-refractivity contribution in [3.05, 3.63) is 66.4 Å². The van der Waals surface area contributed by atoms with Crippen molar-refractivity contribution < 1.29 is 13.2 Å². The zero-order valence-electron chi connectivity index (χ0n) is 15.7. The van der Waals surface area contributed by atoms with Crippen molar-refractivity contribution in [1.29, 1.82) is 0 Å². The standard InChI is InChI=1S/C20H22N4O3S/c1-15(25)23-18-7-9-19(10-8-18)28(26,27)22-14-11-16-3-5-17(6-4-16)20-12-13-21-24(20)2/h3-10,12-13,22H,11,14H2,1-2H3,(H,23,25). The van der Waals surface area contributed by atoms with Gasteiger partial charge in [0.2, 0.25) is 15.9 Å². The molecule has 2 N–H and O–H groups in total. The largest absolute Gasteiger partial charge is 0.326 e. The maximum absolute atomic E-state index is 12.4. The van der Waals surface area contributed by atoms with E-state index in [1.165, 1.54) is 19.1 Å². The van der Waals surface area contributed by atoms with E-state index in [2.05, 4.69) is 15.1 Å². The number of aryl methyl sites for hydroxylation is 1. The van der Waals surface area contributed by atoms with Gasteiger partial charge in [0, 0.05) is 32.4 Å². The third kappa shape index (κ3) is 4.85. The van der Waals surface area contributed by atoms with Crippen LogP contribution in [0.15, 0.2) is 65.7 Å². The first-order valence-electron chi connectivity index (χ1n) is 8.80. The van der Waals surface area contributed by atoms with Crippen molar-refractivity contribution in [2.45, 2.75) is 18.2 Å². The Bertz CT molecular complexity index is 1060. The minimum atomic E-state index is -3.60. The van der Waals surface area contributed by atoms with Crippen LogP contribution in [0.3, 0.4) is 0 Å². The van der Waals surface area contributed by atoms with Crippen LogP contribution in [0.25, 0.3) is 11.3 Å². The van der Waals surface area contributed by atoms with Crippen LogP contribution in [0.5, 0.6) is 0 Å². The van der Waals surface area contributed by atoms with Crippen LogP contribution in [0.4, 0.5) is 5.69 Å². The van der Waals surface area contributed by atoms with Gasteiger partial charge in [0.05, 0.1) is 10.6 Å². The van der Waals surface area contributed by atoms with Gasteiger partial charge < -0.3 is 5.32 Å². The predicted molar refractivity (Wildman–Crippen MR) is 108 cm³/mol. The van der Waals surface area contributed by atoms with E-state index < -0.39 is 10.0 Å². The summed E-state index contributed by atoms with van der Waals surface area (Å²) in [7, 11) is -1.71. The molecule has 0 fully saturated rings. The molecule has 1 aromatic heterocycles. The highest BCUT2D eigenvalue weighted by Gasteiger charge is 2.13. The molecule has 0 atom stereocenters. The molecular weight excluding hydrogens is 376 g/mol. The van der Waals surface area contributed by atoms with Crippen LogP contribution in [0.2, 0.25) is 0 Å². The number of anilines is 1. The highest BCUT2D eigenvalue weighted by atomic mass is 32.2. The molecule has 1 heterocycles. The third-order valence-electron chi connectivity index (χ3n) is 4.26. The van der Waals surface area contributed by atoms with Crippen LogP contribution in [0, 0.1) is 0 Å². The van der Waals surface area contributed by atoms with E-state index >= 15 is 0 Å². The molecule has 28 heavy (non-hydrogen) atoms. The number of benzene rings is 2. The summed E-state index contributed by atoms with van der Waals surface area (Å²) in [6.45, 7) is 1.69. The summed E-state index contributed by atoms with van der Waals surface area (Å²) >= 11 is 0. The summed E-state index contributed by atoms with van der Waals surface area (Å²) in [5, 5.41) is 6.77. The molecule has 0 aliphatic carbocycles. The fourth-order valence-electron chi connectivity index (χ4n) is 2.83. The molecule has 8 heteroatoms. The van der Waals surface area contributed by atoms with Crippen LogP contribution in [-0.2, 0) is 28.3 Å². The number of nitrogens with one attached hydrogen (secondary N) is 2. The molecule has 7 nitrogen and oxygen atoms in total. The molecule has 0 saturated heterocycles. The number of hydrogen-bond acceptors (Lipinski definition) is 4. The van der Waals surface area contributed by atoms with E-state index in [1.54, 1.807) is 23.0 Å².